The van der Waals surface area contributed by atoms with Gasteiger partial charge < -0.3 is 14.2 Å². The molecule has 3 fully saturated rings. The molecule has 0 radical (unpaired) electrons. The summed E-state index contributed by atoms with van der Waals surface area (Å²) >= 11 is 0. The van der Waals surface area contributed by atoms with Crippen molar-refractivity contribution in [2.24, 2.45) is 0 Å². The zero-order valence-corrected chi connectivity index (χ0v) is 15.7. The van der Waals surface area contributed by atoms with E-state index in [1.807, 2.05) is 30.3 Å². The summed E-state index contributed by atoms with van der Waals surface area (Å²) in [7, 11) is 2.16. The summed E-state index contributed by atoms with van der Waals surface area (Å²) in [6.45, 7) is 3.21. The minimum atomic E-state index is -0.351. The molecular formula is C21H29NO4. The topological polar surface area (TPSA) is 51.3 Å². The highest BCUT2D eigenvalue weighted by molar-refractivity contribution is 5.78. The van der Waals surface area contributed by atoms with Gasteiger partial charge >= 0.3 is 5.97 Å². The van der Waals surface area contributed by atoms with Crippen molar-refractivity contribution in [3.05, 3.63) is 35.9 Å². The van der Waals surface area contributed by atoms with Gasteiger partial charge in [-0.05, 0) is 19.0 Å². The maximum atomic E-state index is 12.9. The highest BCUT2D eigenvalue weighted by atomic mass is 16.6. The second-order valence-electron chi connectivity index (χ2n) is 7.79. The van der Waals surface area contributed by atoms with Gasteiger partial charge in [-0.1, -0.05) is 43.7 Å². The molecule has 0 amide bonds. The van der Waals surface area contributed by atoms with Crippen LogP contribution in [-0.4, -0.2) is 61.5 Å². The number of fused-ring (bicyclic) bond motifs is 5. The molecule has 3 aliphatic heterocycles. The third kappa shape index (κ3) is 3.53. The van der Waals surface area contributed by atoms with Gasteiger partial charge in [-0.15, -0.1) is 0 Å². The Kier molecular flexibility index (Phi) is 5.30. The number of unbranched alkanes of at least 4 members (excludes halogenated alkanes) is 1. The first-order chi connectivity index (χ1) is 12.7. The van der Waals surface area contributed by atoms with E-state index in [0.717, 1.165) is 31.2 Å². The van der Waals surface area contributed by atoms with Crippen molar-refractivity contribution in [2.75, 3.05) is 20.3 Å². The minimum absolute atomic E-state index is 0.00745. The lowest BCUT2D eigenvalue weighted by Gasteiger charge is -2.38. The normalized spacial score (nSPS) is 33.5. The lowest BCUT2D eigenvalue weighted by Crippen LogP contribution is -2.48. The molecule has 0 aromatic heterocycles. The van der Waals surface area contributed by atoms with E-state index >= 15 is 0 Å². The average Bonchev–Trinajstić information content (AvgIpc) is 3.40. The van der Waals surface area contributed by atoms with E-state index in [2.05, 4.69) is 18.9 Å². The number of epoxide rings is 1. The summed E-state index contributed by atoms with van der Waals surface area (Å²) in [5, 5.41) is 0. The van der Waals surface area contributed by atoms with Crippen LogP contribution in [0.3, 0.4) is 0 Å². The number of likely N-dealkylation sites (N-methyl/N-ethyl adjacent to an activating group) is 1. The van der Waals surface area contributed by atoms with Gasteiger partial charge in [0.05, 0.1) is 6.61 Å². The van der Waals surface area contributed by atoms with Gasteiger partial charge in [-0.25, -0.2) is 0 Å². The van der Waals surface area contributed by atoms with E-state index < -0.39 is 0 Å². The summed E-state index contributed by atoms with van der Waals surface area (Å²) in [5.74, 6) is -0.507. The zero-order valence-electron chi connectivity index (χ0n) is 15.7. The number of ether oxygens (including phenoxy) is 3. The highest BCUT2D eigenvalue weighted by Gasteiger charge is 2.62. The summed E-state index contributed by atoms with van der Waals surface area (Å²) in [4.78, 5) is 15.3. The van der Waals surface area contributed by atoms with Crippen LogP contribution in [0, 0.1) is 0 Å². The van der Waals surface area contributed by atoms with Crippen molar-refractivity contribution in [3.63, 3.8) is 0 Å². The van der Waals surface area contributed by atoms with Crippen molar-refractivity contribution < 1.29 is 19.0 Å². The summed E-state index contributed by atoms with van der Waals surface area (Å²) in [5.41, 5.74) is 0.969. The Bertz CT molecular complexity index is 604. The fourth-order valence-electron chi connectivity index (χ4n) is 4.48. The molecule has 142 valence electrons. The number of carbonyl (C=O) groups excluding carboxylic acids is 1. The third-order valence-electron chi connectivity index (χ3n) is 6.07. The SMILES string of the molecule is CCCCOC[C@@H](C(=O)OC1C[C@@H]2[C@H]3O[C@H]3[C@H](C1)N2C)c1ccccc1. The van der Waals surface area contributed by atoms with Crippen LogP contribution in [0.2, 0.25) is 0 Å². The van der Waals surface area contributed by atoms with Gasteiger partial charge in [0, 0.05) is 31.5 Å². The molecule has 0 saturated carbocycles. The van der Waals surface area contributed by atoms with E-state index in [9.17, 15) is 4.79 Å². The Morgan fingerprint density at radius 2 is 1.92 bits per heavy atom. The smallest absolute Gasteiger partial charge is 0.316 e. The van der Waals surface area contributed by atoms with Crippen LogP contribution in [-0.2, 0) is 19.0 Å². The minimum Gasteiger partial charge on any atom is -0.462 e. The van der Waals surface area contributed by atoms with E-state index in [1.165, 1.54) is 0 Å². The summed E-state index contributed by atoms with van der Waals surface area (Å²) < 4.78 is 17.5. The summed E-state index contributed by atoms with van der Waals surface area (Å²) in [6.07, 6.45) is 4.55. The van der Waals surface area contributed by atoms with Gasteiger partial charge in [-0.3, -0.25) is 9.69 Å². The molecule has 2 bridgehead atoms. The first kappa shape index (κ1) is 18.0. The first-order valence-corrected chi connectivity index (χ1v) is 9.89. The van der Waals surface area contributed by atoms with E-state index in [-0.39, 0.29) is 18.0 Å². The van der Waals surface area contributed by atoms with Crippen LogP contribution in [0.15, 0.2) is 30.3 Å². The van der Waals surface area contributed by atoms with Gasteiger partial charge in [0.1, 0.15) is 24.2 Å². The Morgan fingerprint density at radius 3 is 2.58 bits per heavy atom. The monoisotopic (exact) mass is 359 g/mol. The Balaban J connectivity index is 1.38. The fraction of sp³-hybridized carbons (Fsp3) is 0.667. The van der Waals surface area contributed by atoms with Gasteiger partial charge in [0.2, 0.25) is 0 Å². The number of hydrogen-bond donors (Lipinski definition) is 0. The molecule has 1 unspecified atom stereocenters. The predicted molar refractivity (Wildman–Crippen MR) is 98.0 cm³/mol. The average molecular weight is 359 g/mol. The molecule has 26 heavy (non-hydrogen) atoms. The quantitative estimate of drug-likeness (QED) is 0.406. The van der Waals surface area contributed by atoms with Crippen LogP contribution < -0.4 is 0 Å². The number of benzene rings is 1. The van der Waals surface area contributed by atoms with Crippen molar-refractivity contribution >= 4 is 5.97 Å². The van der Waals surface area contributed by atoms with Gasteiger partial charge in [0.25, 0.3) is 0 Å². The molecule has 5 heteroatoms. The van der Waals surface area contributed by atoms with Crippen LogP contribution in [0.5, 0.6) is 0 Å². The van der Waals surface area contributed by atoms with Crippen LogP contribution >= 0.6 is 0 Å². The largest absolute Gasteiger partial charge is 0.462 e. The van der Waals surface area contributed by atoms with Crippen molar-refractivity contribution in [1.29, 1.82) is 0 Å². The lowest BCUT2D eigenvalue weighted by atomic mass is 9.97. The van der Waals surface area contributed by atoms with Crippen molar-refractivity contribution in [1.82, 2.24) is 4.90 Å². The molecule has 5 nitrogen and oxygen atoms in total. The highest BCUT2D eigenvalue weighted by Crippen LogP contribution is 2.48. The maximum Gasteiger partial charge on any atom is 0.316 e. The molecule has 3 saturated heterocycles. The molecular weight excluding hydrogens is 330 g/mol. The van der Waals surface area contributed by atoms with Crippen LogP contribution in [0.4, 0.5) is 0 Å². The maximum absolute atomic E-state index is 12.9. The molecule has 3 heterocycles. The number of piperidine rings is 1. The second-order valence-corrected chi connectivity index (χ2v) is 7.79. The van der Waals surface area contributed by atoms with Gasteiger partial charge in [-0.2, -0.15) is 0 Å². The Morgan fingerprint density at radius 1 is 1.23 bits per heavy atom. The molecule has 0 aliphatic carbocycles. The molecule has 6 atom stereocenters. The Labute approximate surface area is 155 Å². The van der Waals surface area contributed by atoms with Crippen molar-refractivity contribution in [2.45, 2.75) is 68.9 Å². The third-order valence-corrected chi connectivity index (χ3v) is 6.07. The number of carbonyl (C=O) groups is 1. The number of rotatable bonds is 8. The van der Waals surface area contributed by atoms with Crippen LogP contribution in [0.25, 0.3) is 0 Å². The van der Waals surface area contributed by atoms with E-state index in [0.29, 0.717) is 37.5 Å². The zero-order chi connectivity index (χ0) is 18.1. The predicted octanol–water partition coefficient (Wildman–Crippen LogP) is 2.74. The summed E-state index contributed by atoms with van der Waals surface area (Å²) in [6, 6.07) is 10.6. The number of esters is 1. The number of morpholine rings is 1. The molecule has 3 aliphatic rings. The number of hydrogen-bond acceptors (Lipinski definition) is 5. The number of nitrogens with zero attached hydrogens (tertiary/aromatic N) is 1. The van der Waals surface area contributed by atoms with E-state index in [4.69, 9.17) is 14.2 Å². The van der Waals surface area contributed by atoms with Crippen molar-refractivity contribution in [3.8, 4) is 0 Å². The second kappa shape index (κ2) is 7.67. The molecule has 1 aromatic rings. The molecule has 0 spiro atoms. The lowest BCUT2D eigenvalue weighted by molar-refractivity contribution is -0.157. The molecule has 0 N–H and O–H groups in total. The molecule has 1 aromatic carbocycles. The Hall–Kier alpha value is -1.43. The fourth-order valence-corrected chi connectivity index (χ4v) is 4.48. The molecule has 4 rings (SSSR count). The standard InChI is InChI=1S/C21H29NO4/c1-3-4-10-24-13-16(14-8-6-5-7-9-14)21(23)25-15-11-17-19-20(26-19)18(12-15)22(17)2/h5-9,15-20H,3-4,10-13H2,1-2H3/t15?,16-,17-,18+,19-,20+/m1/s1. The van der Waals surface area contributed by atoms with E-state index in [1.54, 1.807) is 0 Å². The van der Waals surface area contributed by atoms with Crippen LogP contribution in [0.1, 0.15) is 44.1 Å². The first-order valence-electron chi connectivity index (χ1n) is 9.89. The van der Waals surface area contributed by atoms with Gasteiger partial charge in [0.15, 0.2) is 0 Å².